The highest BCUT2D eigenvalue weighted by atomic mass is 16.7. The molecule has 1 heterocycles. The van der Waals surface area contributed by atoms with E-state index in [0.29, 0.717) is 13.0 Å². The Kier molecular flexibility index (Phi) is 13.2. The molecule has 8 heteroatoms. The van der Waals surface area contributed by atoms with Crippen LogP contribution in [0, 0.1) is 23.7 Å². The SMILES string of the molecule is COc1ccc([C@H]2OC[C@H](C)[C@@H]([C@@H](C)[C@@H](OC)[C@@H](C)/C=C/C(=O)[C@H](C)[C@@H](C/C=C/N(C)C=O)OC)O2)cc1. The van der Waals surface area contributed by atoms with Crippen LogP contribution in [-0.2, 0) is 28.5 Å². The zero-order valence-electron chi connectivity index (χ0n) is 24.0. The first-order chi connectivity index (χ1) is 18.2. The maximum atomic E-state index is 12.9. The third-order valence-corrected chi connectivity index (χ3v) is 7.32. The summed E-state index contributed by atoms with van der Waals surface area (Å²) >= 11 is 0. The summed E-state index contributed by atoms with van der Waals surface area (Å²) in [6.45, 7) is 8.74. The first-order valence-electron chi connectivity index (χ1n) is 13.2. The van der Waals surface area contributed by atoms with Crippen LogP contribution in [0.2, 0.25) is 0 Å². The molecule has 2 rings (SSSR count). The molecule has 8 nitrogen and oxygen atoms in total. The number of hydrogen-bond donors (Lipinski definition) is 0. The molecule has 0 spiro atoms. The van der Waals surface area contributed by atoms with Crippen molar-refractivity contribution in [2.75, 3.05) is 35.0 Å². The van der Waals surface area contributed by atoms with Gasteiger partial charge in [0.2, 0.25) is 6.41 Å². The van der Waals surface area contributed by atoms with E-state index in [0.717, 1.165) is 17.7 Å². The van der Waals surface area contributed by atoms with E-state index < -0.39 is 6.29 Å². The van der Waals surface area contributed by atoms with Gasteiger partial charge in [-0.1, -0.05) is 52.0 Å². The monoisotopic (exact) mass is 531 g/mol. The van der Waals surface area contributed by atoms with Crippen LogP contribution >= 0.6 is 0 Å². The van der Waals surface area contributed by atoms with Gasteiger partial charge in [0.1, 0.15) is 5.75 Å². The Labute approximate surface area is 227 Å². The lowest BCUT2D eigenvalue weighted by Gasteiger charge is -2.41. The molecule has 0 aromatic heterocycles. The van der Waals surface area contributed by atoms with Gasteiger partial charge < -0.3 is 28.6 Å². The Morgan fingerprint density at radius 2 is 1.82 bits per heavy atom. The normalized spacial score (nSPS) is 24.1. The van der Waals surface area contributed by atoms with E-state index in [1.807, 2.05) is 43.3 Å². The van der Waals surface area contributed by atoms with Crippen LogP contribution in [0.25, 0.3) is 0 Å². The molecule has 1 saturated heterocycles. The van der Waals surface area contributed by atoms with Gasteiger partial charge >= 0.3 is 0 Å². The maximum Gasteiger partial charge on any atom is 0.213 e. The molecule has 0 unspecified atom stereocenters. The summed E-state index contributed by atoms with van der Waals surface area (Å²) in [5, 5.41) is 0. The summed E-state index contributed by atoms with van der Waals surface area (Å²) in [5.74, 6) is 0.648. The minimum absolute atomic E-state index is 0.0152. The molecule has 0 radical (unpaired) electrons. The van der Waals surface area contributed by atoms with Crippen LogP contribution < -0.4 is 4.74 Å². The first kappa shape index (κ1) is 31.7. The van der Waals surface area contributed by atoms with Gasteiger partial charge in [-0.05, 0) is 24.6 Å². The van der Waals surface area contributed by atoms with Crippen molar-refractivity contribution in [3.8, 4) is 5.75 Å². The molecule has 0 saturated carbocycles. The minimum atomic E-state index is -0.457. The predicted molar refractivity (Wildman–Crippen MR) is 147 cm³/mol. The standard InChI is InChI=1S/C30H45NO7/c1-20(11-16-26(33)22(3)27(35-7)10-9-17-31(5)19-32)28(36-8)23(4)29-21(2)18-37-30(38-29)24-12-14-25(34-6)15-13-24/h9,11-17,19-23,27-30H,10,18H2,1-8H3/b16-11+,17-9+/t20-,21-,22-,23-,27+,28-,29-,30-/m0/s1. The zero-order valence-corrected chi connectivity index (χ0v) is 24.0. The fourth-order valence-corrected chi connectivity index (χ4v) is 4.92. The Morgan fingerprint density at radius 1 is 1.13 bits per heavy atom. The van der Waals surface area contributed by atoms with Crippen molar-refractivity contribution in [3.05, 3.63) is 54.3 Å². The highest BCUT2D eigenvalue weighted by molar-refractivity contribution is 5.91. The van der Waals surface area contributed by atoms with E-state index in [2.05, 4.69) is 20.8 Å². The van der Waals surface area contributed by atoms with Gasteiger partial charge in [0.05, 0.1) is 32.0 Å². The first-order valence-corrected chi connectivity index (χ1v) is 13.2. The average molecular weight is 532 g/mol. The molecule has 212 valence electrons. The third kappa shape index (κ3) is 8.76. The number of carbonyl (C=O) groups is 2. The number of benzene rings is 1. The molecule has 1 aromatic carbocycles. The molecule has 1 aliphatic heterocycles. The number of ether oxygens (including phenoxy) is 5. The second-order valence-corrected chi connectivity index (χ2v) is 10.2. The van der Waals surface area contributed by atoms with Crippen molar-refractivity contribution in [2.24, 2.45) is 23.7 Å². The quantitative estimate of drug-likeness (QED) is 0.237. The molecule has 0 N–H and O–H groups in total. The van der Waals surface area contributed by atoms with Crippen molar-refractivity contribution < 1.29 is 33.3 Å². The average Bonchev–Trinajstić information content (AvgIpc) is 2.94. The number of hydrogen-bond acceptors (Lipinski definition) is 7. The van der Waals surface area contributed by atoms with Crippen LogP contribution in [0.5, 0.6) is 5.75 Å². The number of amides is 1. The topological polar surface area (TPSA) is 83.5 Å². The van der Waals surface area contributed by atoms with Gasteiger partial charge in [-0.25, -0.2) is 0 Å². The summed E-state index contributed by atoms with van der Waals surface area (Å²) in [5.41, 5.74) is 0.941. The van der Waals surface area contributed by atoms with Crippen LogP contribution in [0.3, 0.4) is 0 Å². The van der Waals surface area contributed by atoms with Crippen LogP contribution in [-0.4, -0.2) is 70.4 Å². The summed E-state index contributed by atoms with van der Waals surface area (Å²) in [7, 11) is 6.59. The second-order valence-electron chi connectivity index (χ2n) is 10.2. The van der Waals surface area contributed by atoms with Gasteiger partial charge in [0.15, 0.2) is 12.1 Å². The fraction of sp³-hybridized carbons (Fsp3) is 0.600. The molecule has 1 fully saturated rings. The lowest BCUT2D eigenvalue weighted by Crippen LogP contribution is -2.45. The Balaban J connectivity index is 2.04. The van der Waals surface area contributed by atoms with E-state index in [-0.39, 0.29) is 47.8 Å². The molecule has 38 heavy (non-hydrogen) atoms. The van der Waals surface area contributed by atoms with Gasteiger partial charge in [0, 0.05) is 56.7 Å². The summed E-state index contributed by atoms with van der Waals surface area (Å²) in [6, 6.07) is 7.71. The number of methoxy groups -OCH3 is 3. The van der Waals surface area contributed by atoms with Crippen molar-refractivity contribution in [1.29, 1.82) is 0 Å². The smallest absolute Gasteiger partial charge is 0.213 e. The van der Waals surface area contributed by atoms with Crippen molar-refractivity contribution >= 4 is 12.2 Å². The summed E-state index contributed by atoms with van der Waals surface area (Å²) < 4.78 is 29.2. The number of rotatable bonds is 15. The molecular weight excluding hydrogens is 486 g/mol. The largest absolute Gasteiger partial charge is 0.497 e. The molecule has 0 aliphatic carbocycles. The lowest BCUT2D eigenvalue weighted by atomic mass is 9.83. The van der Waals surface area contributed by atoms with Gasteiger partial charge in [-0.15, -0.1) is 0 Å². The molecule has 1 amide bonds. The van der Waals surface area contributed by atoms with Crippen molar-refractivity contribution in [2.45, 2.75) is 58.7 Å². The van der Waals surface area contributed by atoms with Crippen LogP contribution in [0.15, 0.2) is 48.7 Å². The zero-order chi connectivity index (χ0) is 28.2. The summed E-state index contributed by atoms with van der Waals surface area (Å²) in [6.07, 6.45) is 7.30. The molecule has 1 aromatic rings. The van der Waals surface area contributed by atoms with Crippen LogP contribution in [0.1, 0.15) is 46.0 Å². The number of nitrogens with zero attached hydrogens (tertiary/aromatic N) is 1. The van der Waals surface area contributed by atoms with E-state index >= 15 is 0 Å². The highest BCUT2D eigenvalue weighted by Gasteiger charge is 2.38. The highest BCUT2D eigenvalue weighted by Crippen LogP contribution is 2.36. The van der Waals surface area contributed by atoms with E-state index in [9.17, 15) is 9.59 Å². The van der Waals surface area contributed by atoms with Crippen molar-refractivity contribution in [3.63, 3.8) is 0 Å². The second kappa shape index (κ2) is 15.8. The van der Waals surface area contributed by atoms with Crippen LogP contribution in [0.4, 0.5) is 0 Å². The molecule has 1 aliphatic rings. The number of allylic oxidation sites excluding steroid dienone is 1. The van der Waals surface area contributed by atoms with Gasteiger partial charge in [0.25, 0.3) is 0 Å². The lowest BCUT2D eigenvalue weighted by molar-refractivity contribution is -0.257. The molecular formula is C30H45NO7. The predicted octanol–water partition coefficient (Wildman–Crippen LogP) is 4.80. The molecule has 0 bridgehead atoms. The third-order valence-electron chi connectivity index (χ3n) is 7.32. The van der Waals surface area contributed by atoms with E-state index in [4.69, 9.17) is 23.7 Å². The number of carbonyl (C=O) groups excluding carboxylic acids is 2. The fourth-order valence-electron chi connectivity index (χ4n) is 4.92. The maximum absolute atomic E-state index is 12.9. The molecule has 8 atom stereocenters. The van der Waals surface area contributed by atoms with E-state index in [1.165, 1.54) is 4.90 Å². The summed E-state index contributed by atoms with van der Waals surface area (Å²) in [4.78, 5) is 25.1. The van der Waals surface area contributed by atoms with Gasteiger partial charge in [-0.2, -0.15) is 0 Å². The minimum Gasteiger partial charge on any atom is -0.497 e. The number of ketones is 1. The van der Waals surface area contributed by atoms with Gasteiger partial charge in [-0.3, -0.25) is 9.59 Å². The Bertz CT molecular complexity index is 916. The van der Waals surface area contributed by atoms with Crippen molar-refractivity contribution in [1.82, 2.24) is 4.90 Å². The Morgan fingerprint density at radius 3 is 2.39 bits per heavy atom. The Hall–Kier alpha value is -2.52. The van der Waals surface area contributed by atoms with E-state index in [1.54, 1.807) is 40.7 Å².